The lowest BCUT2D eigenvalue weighted by Crippen LogP contribution is -2.19. The first-order chi connectivity index (χ1) is 13.0. The molecule has 2 N–H and O–H groups in total. The van der Waals surface area contributed by atoms with Gasteiger partial charge in [0.25, 0.3) is 0 Å². The molecule has 0 amide bonds. The van der Waals surface area contributed by atoms with Gasteiger partial charge in [0.1, 0.15) is 5.78 Å². The van der Waals surface area contributed by atoms with Gasteiger partial charge in [-0.05, 0) is 42.4 Å². The van der Waals surface area contributed by atoms with Crippen LogP contribution in [-0.4, -0.2) is 35.2 Å². The quantitative estimate of drug-likeness (QED) is 0.539. The smallest absolute Gasteiger partial charge is 0.305 e. The number of aliphatic hydroxyl groups excluding tert-OH is 2. The third-order valence-corrected chi connectivity index (χ3v) is 6.14. The number of esters is 1. The summed E-state index contributed by atoms with van der Waals surface area (Å²) in [5.41, 5.74) is 3.16. The first-order valence-corrected chi connectivity index (χ1v) is 10.1. The van der Waals surface area contributed by atoms with E-state index in [2.05, 4.69) is 10.8 Å². The van der Waals surface area contributed by atoms with E-state index < -0.39 is 6.10 Å². The van der Waals surface area contributed by atoms with E-state index in [1.807, 2.05) is 12.1 Å². The zero-order valence-electron chi connectivity index (χ0n) is 16.0. The lowest BCUT2D eigenvalue weighted by atomic mass is 9.83. The summed E-state index contributed by atoms with van der Waals surface area (Å²) in [7, 11) is 1.40. The summed E-state index contributed by atoms with van der Waals surface area (Å²) < 4.78 is 4.64. The number of methoxy groups -OCH3 is 1. The number of Topliss-reactive ketones (excluding diaryl/α,β-unsaturated/α-hetero) is 1. The number of carbonyl (C=O) groups excluding carboxylic acids is 2. The summed E-state index contributed by atoms with van der Waals surface area (Å²) in [6.45, 7) is 0. The summed E-state index contributed by atoms with van der Waals surface area (Å²) in [5, 5.41) is 20.5. The van der Waals surface area contributed by atoms with E-state index in [9.17, 15) is 19.8 Å². The normalized spacial score (nSPS) is 27.0. The SMILES string of the molecule is COC(=O)CCCCCC[C@H]1C(=O)C[C@@H](O)[C@@H]1c1ccc2c(c1)CCC2O. The van der Waals surface area contributed by atoms with Crippen LogP contribution in [-0.2, 0) is 20.7 Å². The van der Waals surface area contributed by atoms with Gasteiger partial charge in [-0.1, -0.05) is 37.5 Å². The Balaban J connectivity index is 1.57. The fourth-order valence-electron chi connectivity index (χ4n) is 4.66. The molecule has 0 saturated heterocycles. The molecule has 0 aliphatic heterocycles. The number of aliphatic hydroxyl groups is 2. The van der Waals surface area contributed by atoms with Crippen LogP contribution in [0.3, 0.4) is 0 Å². The summed E-state index contributed by atoms with van der Waals surface area (Å²) in [4.78, 5) is 23.6. The van der Waals surface area contributed by atoms with E-state index in [4.69, 9.17) is 0 Å². The highest BCUT2D eigenvalue weighted by atomic mass is 16.5. The van der Waals surface area contributed by atoms with Crippen molar-refractivity contribution < 1.29 is 24.5 Å². The first-order valence-electron chi connectivity index (χ1n) is 10.1. The first kappa shape index (κ1) is 20.0. The Morgan fingerprint density at radius 2 is 1.96 bits per heavy atom. The van der Waals surface area contributed by atoms with E-state index in [0.717, 1.165) is 61.6 Å². The summed E-state index contributed by atoms with van der Waals surface area (Å²) in [6.07, 6.45) is 5.70. The topological polar surface area (TPSA) is 83.8 Å². The van der Waals surface area contributed by atoms with Crippen LogP contribution >= 0.6 is 0 Å². The lowest BCUT2D eigenvalue weighted by molar-refractivity contribution is -0.140. The molecule has 148 valence electrons. The number of carbonyl (C=O) groups is 2. The van der Waals surface area contributed by atoms with Crippen LogP contribution in [0.2, 0.25) is 0 Å². The fraction of sp³-hybridized carbons (Fsp3) is 0.636. The van der Waals surface area contributed by atoms with E-state index in [1.165, 1.54) is 7.11 Å². The molecule has 1 aromatic rings. The standard InChI is InChI=1S/C22H30O5/c1-27-21(26)7-5-3-2-4-6-17-19(24)13-20(25)22(17)15-8-10-16-14(12-15)9-11-18(16)23/h8,10,12,17-18,20,22-23,25H,2-7,9,11,13H2,1H3/t17-,18?,20+,22+/m0/s1. The second kappa shape index (κ2) is 8.98. The Morgan fingerprint density at radius 3 is 2.74 bits per heavy atom. The second-order valence-corrected chi connectivity index (χ2v) is 7.91. The van der Waals surface area contributed by atoms with Gasteiger partial charge in [-0.25, -0.2) is 0 Å². The van der Waals surface area contributed by atoms with Gasteiger partial charge in [-0.3, -0.25) is 9.59 Å². The zero-order chi connectivity index (χ0) is 19.4. The van der Waals surface area contributed by atoms with E-state index in [1.54, 1.807) is 0 Å². The van der Waals surface area contributed by atoms with Crippen LogP contribution in [0.5, 0.6) is 0 Å². The largest absolute Gasteiger partial charge is 0.469 e. The number of unbranched alkanes of at least 4 members (excludes halogenated alkanes) is 3. The molecule has 0 spiro atoms. The molecule has 1 unspecified atom stereocenters. The Morgan fingerprint density at radius 1 is 1.19 bits per heavy atom. The number of ketones is 1. The minimum Gasteiger partial charge on any atom is -0.469 e. The summed E-state index contributed by atoms with van der Waals surface area (Å²) in [5.74, 6) is -0.297. The van der Waals surface area contributed by atoms with Crippen molar-refractivity contribution in [3.8, 4) is 0 Å². The maximum atomic E-state index is 12.4. The third-order valence-electron chi connectivity index (χ3n) is 6.14. The number of benzene rings is 1. The van der Waals surface area contributed by atoms with Crippen molar-refractivity contribution in [2.75, 3.05) is 7.11 Å². The van der Waals surface area contributed by atoms with Crippen LogP contribution in [0.4, 0.5) is 0 Å². The van der Waals surface area contributed by atoms with Gasteiger partial charge >= 0.3 is 5.97 Å². The average Bonchev–Trinajstić information content (AvgIpc) is 3.16. The fourth-order valence-corrected chi connectivity index (χ4v) is 4.66. The minimum absolute atomic E-state index is 0.134. The monoisotopic (exact) mass is 374 g/mol. The van der Waals surface area contributed by atoms with Gasteiger partial charge in [0.05, 0.1) is 19.3 Å². The molecular weight excluding hydrogens is 344 g/mol. The molecule has 2 aliphatic rings. The van der Waals surface area contributed by atoms with E-state index in [-0.39, 0.29) is 36.1 Å². The van der Waals surface area contributed by atoms with Gasteiger partial charge in [0.15, 0.2) is 0 Å². The Labute approximate surface area is 160 Å². The molecule has 5 heteroatoms. The van der Waals surface area contributed by atoms with E-state index in [0.29, 0.717) is 6.42 Å². The minimum atomic E-state index is -0.619. The maximum Gasteiger partial charge on any atom is 0.305 e. The van der Waals surface area contributed by atoms with Crippen molar-refractivity contribution in [2.45, 2.75) is 75.9 Å². The number of aryl methyl sites for hydroxylation is 1. The molecule has 3 rings (SSSR count). The molecule has 0 radical (unpaired) electrons. The zero-order valence-corrected chi connectivity index (χ0v) is 16.0. The summed E-state index contributed by atoms with van der Waals surface area (Å²) in [6, 6.07) is 6.02. The van der Waals surface area contributed by atoms with Crippen LogP contribution in [0.25, 0.3) is 0 Å². The molecule has 5 nitrogen and oxygen atoms in total. The highest BCUT2D eigenvalue weighted by Crippen LogP contribution is 2.42. The predicted molar refractivity (Wildman–Crippen MR) is 101 cm³/mol. The number of rotatable bonds is 8. The summed E-state index contributed by atoms with van der Waals surface area (Å²) >= 11 is 0. The molecule has 0 bridgehead atoms. The molecule has 0 aromatic heterocycles. The van der Waals surface area contributed by atoms with Gasteiger partial charge < -0.3 is 14.9 Å². The molecule has 2 aliphatic carbocycles. The van der Waals surface area contributed by atoms with Gasteiger partial charge in [-0.2, -0.15) is 0 Å². The molecule has 4 atom stereocenters. The number of fused-ring (bicyclic) bond motifs is 1. The van der Waals surface area contributed by atoms with Gasteiger partial charge in [0.2, 0.25) is 0 Å². The molecule has 27 heavy (non-hydrogen) atoms. The highest BCUT2D eigenvalue weighted by Gasteiger charge is 2.42. The average molecular weight is 374 g/mol. The van der Waals surface area contributed by atoms with Crippen molar-refractivity contribution in [2.24, 2.45) is 5.92 Å². The predicted octanol–water partition coefficient (Wildman–Crippen LogP) is 3.21. The van der Waals surface area contributed by atoms with Crippen LogP contribution in [0.1, 0.15) is 80.1 Å². The molecule has 0 heterocycles. The number of ether oxygens (including phenoxy) is 1. The van der Waals surface area contributed by atoms with Crippen molar-refractivity contribution in [3.05, 3.63) is 34.9 Å². The molecule has 1 fully saturated rings. The maximum absolute atomic E-state index is 12.4. The van der Waals surface area contributed by atoms with Crippen molar-refractivity contribution in [1.29, 1.82) is 0 Å². The Kier molecular flexibility index (Phi) is 6.66. The Bertz CT molecular complexity index is 683. The highest BCUT2D eigenvalue weighted by molar-refractivity contribution is 5.85. The third kappa shape index (κ3) is 4.58. The van der Waals surface area contributed by atoms with Gasteiger partial charge in [-0.15, -0.1) is 0 Å². The molecule has 1 aromatic carbocycles. The van der Waals surface area contributed by atoms with Crippen molar-refractivity contribution >= 4 is 11.8 Å². The van der Waals surface area contributed by atoms with Crippen molar-refractivity contribution in [1.82, 2.24) is 0 Å². The van der Waals surface area contributed by atoms with Crippen LogP contribution < -0.4 is 0 Å². The second-order valence-electron chi connectivity index (χ2n) is 7.91. The van der Waals surface area contributed by atoms with Crippen LogP contribution in [0, 0.1) is 5.92 Å². The van der Waals surface area contributed by atoms with Gasteiger partial charge in [0, 0.05) is 24.7 Å². The van der Waals surface area contributed by atoms with Crippen LogP contribution in [0.15, 0.2) is 18.2 Å². The Hall–Kier alpha value is -1.72. The van der Waals surface area contributed by atoms with Crippen molar-refractivity contribution in [3.63, 3.8) is 0 Å². The number of hydrogen-bond acceptors (Lipinski definition) is 5. The lowest BCUT2D eigenvalue weighted by Gasteiger charge is -2.22. The number of hydrogen-bond donors (Lipinski definition) is 2. The molecular formula is C22H30O5. The van der Waals surface area contributed by atoms with E-state index >= 15 is 0 Å². The molecule has 1 saturated carbocycles.